The number of carbonyl (C=O) groups is 1. The topological polar surface area (TPSA) is 47.6 Å². The summed E-state index contributed by atoms with van der Waals surface area (Å²) in [6.45, 7) is -1.25. The van der Waals surface area contributed by atoms with Gasteiger partial charge in [0.2, 0.25) is 0 Å². The van der Waals surface area contributed by atoms with E-state index in [0.717, 1.165) is 18.2 Å². The minimum Gasteiger partial charge on any atom is -0.490 e. The highest BCUT2D eigenvalue weighted by Gasteiger charge is 2.16. The van der Waals surface area contributed by atoms with Gasteiger partial charge in [0, 0.05) is 11.6 Å². The van der Waals surface area contributed by atoms with E-state index in [-0.39, 0.29) is 29.4 Å². The lowest BCUT2D eigenvalue weighted by molar-refractivity contribution is -0.0514. The molecule has 0 heterocycles. The molecule has 2 aromatic rings. The van der Waals surface area contributed by atoms with E-state index in [1.54, 1.807) is 6.92 Å². The van der Waals surface area contributed by atoms with Gasteiger partial charge < -0.3 is 14.8 Å². The minimum absolute atomic E-state index is 0.0313. The van der Waals surface area contributed by atoms with Crippen LogP contribution in [0.4, 0.5) is 23.2 Å². The molecule has 2 aromatic carbocycles. The van der Waals surface area contributed by atoms with Crippen LogP contribution in [0.5, 0.6) is 11.5 Å². The Labute approximate surface area is 135 Å². The van der Waals surface area contributed by atoms with Crippen LogP contribution in [0, 0.1) is 11.6 Å². The highest BCUT2D eigenvalue weighted by Crippen LogP contribution is 2.30. The summed E-state index contributed by atoms with van der Waals surface area (Å²) in [5.74, 6) is -2.71. The first-order chi connectivity index (χ1) is 11.4. The SMILES string of the molecule is CCOc1cc(C(=O)Nc2ccc(F)cc2F)ccc1OC(F)F. The summed E-state index contributed by atoms with van der Waals surface area (Å²) in [6, 6.07) is 6.24. The van der Waals surface area contributed by atoms with Crippen LogP contribution in [0.2, 0.25) is 0 Å². The van der Waals surface area contributed by atoms with Gasteiger partial charge in [0.15, 0.2) is 11.5 Å². The molecule has 0 atom stereocenters. The van der Waals surface area contributed by atoms with Gasteiger partial charge in [-0.3, -0.25) is 4.79 Å². The largest absolute Gasteiger partial charge is 0.490 e. The number of rotatable bonds is 6. The number of hydrogen-bond acceptors (Lipinski definition) is 3. The van der Waals surface area contributed by atoms with Crippen molar-refractivity contribution < 1.29 is 31.8 Å². The summed E-state index contributed by atoms with van der Waals surface area (Å²) >= 11 is 0. The molecule has 8 heteroatoms. The zero-order chi connectivity index (χ0) is 17.7. The van der Waals surface area contributed by atoms with Gasteiger partial charge in [0.05, 0.1) is 12.3 Å². The second-order valence-electron chi connectivity index (χ2n) is 4.55. The molecule has 0 saturated heterocycles. The number of halogens is 4. The van der Waals surface area contributed by atoms with E-state index in [1.807, 2.05) is 0 Å². The van der Waals surface area contributed by atoms with Crippen LogP contribution >= 0.6 is 0 Å². The fraction of sp³-hybridized carbons (Fsp3) is 0.188. The summed E-state index contributed by atoms with van der Waals surface area (Å²) < 4.78 is 60.5. The van der Waals surface area contributed by atoms with Crippen molar-refractivity contribution in [3.8, 4) is 11.5 Å². The Hall–Kier alpha value is -2.77. The van der Waals surface area contributed by atoms with Crippen LogP contribution in [0.25, 0.3) is 0 Å². The number of alkyl halides is 2. The van der Waals surface area contributed by atoms with E-state index in [1.165, 1.54) is 12.1 Å². The Bertz CT molecular complexity index is 737. The molecule has 0 fully saturated rings. The number of ether oxygens (including phenoxy) is 2. The normalized spacial score (nSPS) is 10.6. The molecule has 0 aliphatic carbocycles. The van der Waals surface area contributed by atoms with Crippen molar-refractivity contribution in [2.24, 2.45) is 0 Å². The zero-order valence-corrected chi connectivity index (χ0v) is 12.5. The molecule has 4 nitrogen and oxygen atoms in total. The van der Waals surface area contributed by atoms with Crippen molar-refractivity contribution in [3.05, 3.63) is 53.6 Å². The van der Waals surface area contributed by atoms with E-state index in [4.69, 9.17) is 4.74 Å². The average Bonchev–Trinajstić information content (AvgIpc) is 2.51. The standard InChI is InChI=1S/C16H13F4NO3/c1-2-23-14-7-9(3-6-13(14)24-16(19)20)15(22)21-12-5-4-10(17)8-11(12)18/h3-8,16H,2H2,1H3,(H,21,22). The Morgan fingerprint density at radius 3 is 2.50 bits per heavy atom. The molecule has 0 aromatic heterocycles. The maximum absolute atomic E-state index is 13.6. The third-order valence-corrected chi connectivity index (χ3v) is 2.90. The van der Waals surface area contributed by atoms with Gasteiger partial charge in [-0.25, -0.2) is 8.78 Å². The van der Waals surface area contributed by atoms with Gasteiger partial charge in [-0.05, 0) is 37.3 Å². The number of hydrogen-bond donors (Lipinski definition) is 1. The number of benzene rings is 2. The van der Waals surface area contributed by atoms with Crippen molar-refractivity contribution in [3.63, 3.8) is 0 Å². The number of nitrogens with one attached hydrogen (secondary N) is 1. The summed E-state index contributed by atoms with van der Waals surface area (Å²) in [5.41, 5.74) is -0.184. The van der Waals surface area contributed by atoms with Gasteiger partial charge in [0.1, 0.15) is 11.6 Å². The molecule has 0 unspecified atom stereocenters. The summed E-state index contributed by atoms with van der Waals surface area (Å²) in [7, 11) is 0. The molecule has 0 saturated carbocycles. The van der Waals surface area contributed by atoms with E-state index in [0.29, 0.717) is 6.07 Å². The fourth-order valence-corrected chi connectivity index (χ4v) is 1.90. The van der Waals surface area contributed by atoms with Crippen LogP contribution in [0.3, 0.4) is 0 Å². The summed E-state index contributed by atoms with van der Waals surface area (Å²) in [4.78, 5) is 12.1. The van der Waals surface area contributed by atoms with Gasteiger partial charge in [0.25, 0.3) is 5.91 Å². The van der Waals surface area contributed by atoms with Crippen molar-refractivity contribution in [1.82, 2.24) is 0 Å². The van der Waals surface area contributed by atoms with Gasteiger partial charge >= 0.3 is 6.61 Å². The maximum Gasteiger partial charge on any atom is 0.387 e. The third kappa shape index (κ3) is 4.37. The van der Waals surface area contributed by atoms with Crippen LogP contribution in [0.15, 0.2) is 36.4 Å². The first-order valence-corrected chi connectivity index (χ1v) is 6.88. The molecular weight excluding hydrogens is 330 g/mol. The maximum atomic E-state index is 13.6. The van der Waals surface area contributed by atoms with Gasteiger partial charge in [-0.15, -0.1) is 0 Å². The molecule has 0 aliphatic rings. The first-order valence-electron chi connectivity index (χ1n) is 6.88. The van der Waals surface area contributed by atoms with E-state index in [9.17, 15) is 22.4 Å². The van der Waals surface area contributed by atoms with Crippen LogP contribution in [-0.4, -0.2) is 19.1 Å². The summed E-state index contributed by atoms with van der Waals surface area (Å²) in [5, 5.41) is 2.26. The smallest absolute Gasteiger partial charge is 0.387 e. The monoisotopic (exact) mass is 343 g/mol. The van der Waals surface area contributed by atoms with Gasteiger partial charge in [-0.1, -0.05) is 0 Å². The van der Waals surface area contributed by atoms with Crippen molar-refractivity contribution >= 4 is 11.6 Å². The van der Waals surface area contributed by atoms with E-state index < -0.39 is 24.2 Å². The number of carbonyl (C=O) groups excluding carboxylic acids is 1. The lowest BCUT2D eigenvalue weighted by Crippen LogP contribution is -2.14. The molecule has 0 aliphatic heterocycles. The predicted octanol–water partition coefficient (Wildman–Crippen LogP) is 4.22. The van der Waals surface area contributed by atoms with Gasteiger partial charge in [-0.2, -0.15) is 8.78 Å². The molecule has 0 spiro atoms. The lowest BCUT2D eigenvalue weighted by atomic mass is 10.1. The number of amides is 1. The molecule has 2 rings (SSSR count). The highest BCUT2D eigenvalue weighted by atomic mass is 19.3. The first kappa shape index (κ1) is 17.6. The second kappa shape index (κ2) is 7.67. The third-order valence-electron chi connectivity index (χ3n) is 2.90. The lowest BCUT2D eigenvalue weighted by Gasteiger charge is -2.13. The average molecular weight is 343 g/mol. The zero-order valence-electron chi connectivity index (χ0n) is 12.5. The van der Waals surface area contributed by atoms with Crippen molar-refractivity contribution in [2.45, 2.75) is 13.5 Å². The van der Waals surface area contributed by atoms with Crippen molar-refractivity contribution in [1.29, 1.82) is 0 Å². The highest BCUT2D eigenvalue weighted by molar-refractivity contribution is 6.04. The van der Waals surface area contributed by atoms with Crippen LogP contribution < -0.4 is 14.8 Å². The van der Waals surface area contributed by atoms with Crippen LogP contribution in [-0.2, 0) is 0 Å². The molecule has 0 radical (unpaired) electrons. The Kier molecular flexibility index (Phi) is 5.62. The Balaban J connectivity index is 2.23. The fourth-order valence-electron chi connectivity index (χ4n) is 1.90. The van der Waals surface area contributed by atoms with Crippen molar-refractivity contribution in [2.75, 3.05) is 11.9 Å². The number of anilines is 1. The Morgan fingerprint density at radius 2 is 1.88 bits per heavy atom. The van der Waals surface area contributed by atoms with E-state index >= 15 is 0 Å². The minimum atomic E-state index is -3.04. The second-order valence-corrected chi connectivity index (χ2v) is 4.55. The molecule has 128 valence electrons. The van der Waals surface area contributed by atoms with Crippen LogP contribution in [0.1, 0.15) is 17.3 Å². The predicted molar refractivity (Wildman–Crippen MR) is 78.6 cm³/mol. The quantitative estimate of drug-likeness (QED) is 0.799. The Morgan fingerprint density at radius 1 is 1.12 bits per heavy atom. The molecule has 1 N–H and O–H groups in total. The summed E-state index contributed by atoms with van der Waals surface area (Å²) in [6.07, 6.45) is 0. The van der Waals surface area contributed by atoms with E-state index in [2.05, 4.69) is 10.1 Å². The molecule has 24 heavy (non-hydrogen) atoms. The molecule has 1 amide bonds. The molecule has 0 bridgehead atoms. The molecular formula is C16H13F4NO3.